The summed E-state index contributed by atoms with van der Waals surface area (Å²) in [6.07, 6.45) is 0. The molecule has 0 saturated heterocycles. The summed E-state index contributed by atoms with van der Waals surface area (Å²) in [5.74, 6) is -1.84. The number of hydrogen-bond donors (Lipinski definition) is 0. The van der Waals surface area contributed by atoms with Crippen molar-refractivity contribution in [3.8, 4) is 0 Å². The van der Waals surface area contributed by atoms with Crippen molar-refractivity contribution >= 4 is 29.4 Å². The van der Waals surface area contributed by atoms with Crippen LogP contribution in [-0.4, -0.2) is 55.0 Å². The quantitative estimate of drug-likeness (QED) is 0.591. The van der Waals surface area contributed by atoms with Crippen LogP contribution in [0.4, 0.5) is 0 Å². The maximum Gasteiger partial charge on any atom is 0.325 e. The van der Waals surface area contributed by atoms with E-state index in [0.717, 1.165) is 4.90 Å². The number of aryl methyl sites for hydroxylation is 1. The van der Waals surface area contributed by atoms with Crippen LogP contribution in [0.3, 0.4) is 0 Å². The summed E-state index contributed by atoms with van der Waals surface area (Å²) in [7, 11) is 2.38. The highest BCUT2D eigenvalue weighted by molar-refractivity contribution is 6.29. The lowest BCUT2D eigenvalue weighted by Crippen LogP contribution is -2.40. The molecule has 8 heteroatoms. The molecular formula is C13H15ClN2O5. The van der Waals surface area contributed by atoms with E-state index in [1.807, 2.05) is 0 Å². The van der Waals surface area contributed by atoms with Crippen LogP contribution in [-0.2, 0) is 19.1 Å². The molecule has 0 radical (unpaired) electrons. The summed E-state index contributed by atoms with van der Waals surface area (Å²) < 4.78 is 9.01. The molecule has 0 unspecified atom stereocenters. The third kappa shape index (κ3) is 5.03. The van der Waals surface area contributed by atoms with Gasteiger partial charge >= 0.3 is 11.9 Å². The van der Waals surface area contributed by atoms with E-state index in [-0.39, 0.29) is 23.8 Å². The monoisotopic (exact) mass is 314 g/mol. The number of nitrogens with zero attached hydrogens (tertiary/aromatic N) is 2. The summed E-state index contributed by atoms with van der Waals surface area (Å²) in [5, 5.41) is 0.148. The molecule has 0 atom stereocenters. The van der Waals surface area contributed by atoms with E-state index in [1.165, 1.54) is 26.4 Å². The highest BCUT2D eigenvalue weighted by atomic mass is 35.5. The van der Waals surface area contributed by atoms with Crippen LogP contribution in [0, 0.1) is 6.92 Å². The fourth-order valence-electron chi connectivity index (χ4n) is 1.57. The van der Waals surface area contributed by atoms with Crippen molar-refractivity contribution < 1.29 is 23.9 Å². The zero-order valence-electron chi connectivity index (χ0n) is 11.9. The predicted octanol–water partition coefficient (Wildman–Crippen LogP) is 0.832. The Morgan fingerprint density at radius 1 is 1.14 bits per heavy atom. The largest absolute Gasteiger partial charge is 0.468 e. The van der Waals surface area contributed by atoms with Gasteiger partial charge in [-0.05, 0) is 19.1 Å². The minimum Gasteiger partial charge on any atom is -0.468 e. The van der Waals surface area contributed by atoms with Crippen LogP contribution in [0.2, 0.25) is 5.15 Å². The molecule has 0 fully saturated rings. The molecule has 7 nitrogen and oxygen atoms in total. The molecule has 0 bridgehead atoms. The van der Waals surface area contributed by atoms with Gasteiger partial charge in [-0.2, -0.15) is 0 Å². The van der Waals surface area contributed by atoms with Crippen molar-refractivity contribution in [1.29, 1.82) is 0 Å². The van der Waals surface area contributed by atoms with Crippen molar-refractivity contribution in [3.05, 3.63) is 28.5 Å². The third-order valence-electron chi connectivity index (χ3n) is 2.55. The van der Waals surface area contributed by atoms with Gasteiger partial charge in [-0.3, -0.25) is 14.4 Å². The van der Waals surface area contributed by atoms with Gasteiger partial charge in [-0.1, -0.05) is 11.6 Å². The normalized spacial score (nSPS) is 9.90. The lowest BCUT2D eigenvalue weighted by atomic mass is 10.2. The number of hydrogen-bond acceptors (Lipinski definition) is 6. The number of rotatable bonds is 5. The molecule has 1 aromatic heterocycles. The van der Waals surface area contributed by atoms with E-state index in [4.69, 9.17) is 11.6 Å². The number of halogens is 1. The van der Waals surface area contributed by atoms with Gasteiger partial charge in [0.25, 0.3) is 5.91 Å². The van der Waals surface area contributed by atoms with Gasteiger partial charge in [0.15, 0.2) is 0 Å². The van der Waals surface area contributed by atoms with Gasteiger partial charge in [0.1, 0.15) is 18.2 Å². The Morgan fingerprint density at radius 3 is 2.10 bits per heavy atom. The molecule has 0 N–H and O–H groups in total. The second kappa shape index (κ2) is 7.58. The number of methoxy groups -OCH3 is 2. The maximum absolute atomic E-state index is 12.4. The van der Waals surface area contributed by atoms with Crippen LogP contribution in [0.15, 0.2) is 12.1 Å². The molecule has 114 valence electrons. The molecule has 0 aromatic carbocycles. The lowest BCUT2D eigenvalue weighted by Gasteiger charge is -2.20. The van der Waals surface area contributed by atoms with Gasteiger partial charge in [-0.15, -0.1) is 0 Å². The summed E-state index contributed by atoms with van der Waals surface area (Å²) in [4.78, 5) is 40.0. The topological polar surface area (TPSA) is 85.8 Å². The first-order valence-electron chi connectivity index (χ1n) is 5.94. The van der Waals surface area contributed by atoms with E-state index in [9.17, 15) is 14.4 Å². The minimum atomic E-state index is -0.649. The molecule has 0 aliphatic carbocycles. The Morgan fingerprint density at radius 2 is 1.67 bits per heavy atom. The van der Waals surface area contributed by atoms with Crippen molar-refractivity contribution in [2.24, 2.45) is 0 Å². The van der Waals surface area contributed by atoms with Gasteiger partial charge in [-0.25, -0.2) is 4.98 Å². The Labute approximate surface area is 126 Å². The fraction of sp³-hybridized carbons (Fsp3) is 0.385. The highest BCUT2D eigenvalue weighted by Gasteiger charge is 2.23. The summed E-state index contributed by atoms with van der Waals surface area (Å²) in [6, 6.07) is 2.87. The predicted molar refractivity (Wildman–Crippen MR) is 73.9 cm³/mol. The molecule has 1 amide bonds. The maximum atomic E-state index is 12.4. The molecule has 0 aliphatic heterocycles. The van der Waals surface area contributed by atoms with Crippen LogP contribution >= 0.6 is 11.6 Å². The average Bonchev–Trinajstić information content (AvgIpc) is 2.44. The first-order chi connectivity index (χ1) is 9.87. The second-order valence-corrected chi connectivity index (χ2v) is 4.52. The number of amides is 1. The third-order valence-corrected chi connectivity index (χ3v) is 2.75. The van der Waals surface area contributed by atoms with Crippen LogP contribution in [0.1, 0.15) is 16.1 Å². The Balaban J connectivity index is 3.02. The Hall–Kier alpha value is -2.15. The van der Waals surface area contributed by atoms with E-state index in [0.29, 0.717) is 5.69 Å². The van der Waals surface area contributed by atoms with Gasteiger partial charge in [0.05, 0.1) is 14.2 Å². The molecule has 0 spiro atoms. The number of esters is 2. The number of aromatic nitrogens is 1. The van der Waals surface area contributed by atoms with Crippen molar-refractivity contribution in [2.75, 3.05) is 27.3 Å². The minimum absolute atomic E-state index is 0.148. The van der Waals surface area contributed by atoms with Crippen molar-refractivity contribution in [3.63, 3.8) is 0 Å². The smallest absolute Gasteiger partial charge is 0.325 e. The van der Waals surface area contributed by atoms with E-state index < -0.39 is 17.8 Å². The molecule has 0 aliphatic rings. The number of ether oxygens (including phenoxy) is 2. The Bertz CT molecular complexity index is 523. The summed E-state index contributed by atoms with van der Waals surface area (Å²) in [5.41, 5.74) is 0.766. The van der Waals surface area contributed by atoms with Gasteiger partial charge < -0.3 is 14.4 Å². The van der Waals surface area contributed by atoms with Crippen LogP contribution in [0.5, 0.6) is 0 Å². The zero-order valence-corrected chi connectivity index (χ0v) is 12.6. The Kier molecular flexibility index (Phi) is 6.10. The van der Waals surface area contributed by atoms with Gasteiger partial charge in [0, 0.05) is 11.3 Å². The summed E-state index contributed by atoms with van der Waals surface area (Å²) >= 11 is 5.80. The fourth-order valence-corrected chi connectivity index (χ4v) is 1.83. The molecular weight excluding hydrogens is 300 g/mol. The van der Waals surface area contributed by atoms with E-state index in [2.05, 4.69) is 14.5 Å². The van der Waals surface area contributed by atoms with Gasteiger partial charge in [0.2, 0.25) is 0 Å². The molecule has 1 heterocycles. The second-order valence-electron chi connectivity index (χ2n) is 4.13. The summed E-state index contributed by atoms with van der Waals surface area (Å²) in [6.45, 7) is 0.931. The van der Waals surface area contributed by atoms with Crippen LogP contribution in [0.25, 0.3) is 0 Å². The molecule has 21 heavy (non-hydrogen) atoms. The number of carbonyl (C=O) groups excluding carboxylic acids is 3. The first-order valence-corrected chi connectivity index (χ1v) is 6.32. The van der Waals surface area contributed by atoms with Crippen molar-refractivity contribution in [1.82, 2.24) is 9.88 Å². The standard InChI is InChI=1S/C13H15ClN2O5/c1-8-4-9(5-10(14)15-8)13(19)16(6-11(17)20-2)7-12(18)21-3/h4-5H,6-7H2,1-3H3. The number of carbonyl (C=O) groups is 3. The first kappa shape index (κ1) is 16.9. The average molecular weight is 315 g/mol. The zero-order chi connectivity index (χ0) is 16.0. The molecule has 1 aromatic rings. The van der Waals surface area contributed by atoms with Crippen LogP contribution < -0.4 is 0 Å². The van der Waals surface area contributed by atoms with E-state index >= 15 is 0 Å². The number of pyridine rings is 1. The van der Waals surface area contributed by atoms with E-state index in [1.54, 1.807) is 6.92 Å². The molecule has 1 rings (SSSR count). The molecule has 0 saturated carbocycles. The SMILES string of the molecule is COC(=O)CN(CC(=O)OC)C(=O)c1cc(C)nc(Cl)c1. The van der Waals surface area contributed by atoms with Crippen molar-refractivity contribution in [2.45, 2.75) is 6.92 Å². The highest BCUT2D eigenvalue weighted by Crippen LogP contribution is 2.13. The lowest BCUT2D eigenvalue weighted by molar-refractivity contribution is -0.144.